The van der Waals surface area contributed by atoms with Gasteiger partial charge in [-0.2, -0.15) is 0 Å². The van der Waals surface area contributed by atoms with Crippen LogP contribution in [0.1, 0.15) is 38.8 Å². The minimum atomic E-state index is 0.450. The van der Waals surface area contributed by atoms with E-state index in [0.717, 1.165) is 19.1 Å². The van der Waals surface area contributed by atoms with E-state index in [9.17, 15) is 0 Å². The summed E-state index contributed by atoms with van der Waals surface area (Å²) in [7, 11) is 0. The number of benzene rings is 1. The number of nitrogens with one attached hydrogen (secondary N) is 1. The van der Waals surface area contributed by atoms with Gasteiger partial charge in [0.25, 0.3) is 0 Å². The first kappa shape index (κ1) is 16.5. The second kappa shape index (κ2) is 8.52. The van der Waals surface area contributed by atoms with E-state index in [0.29, 0.717) is 6.04 Å². The van der Waals surface area contributed by atoms with Crippen LogP contribution in [0.25, 0.3) is 0 Å². The Balaban J connectivity index is 1.88. The third kappa shape index (κ3) is 4.80. The van der Waals surface area contributed by atoms with Gasteiger partial charge in [0.1, 0.15) is 0 Å². The SMILES string of the molecule is CCNC(CN1CCN(C(C)CC)CC1)c1ccccc1. The molecular formula is C18H31N3. The fraction of sp³-hybridized carbons (Fsp3) is 0.667. The maximum atomic E-state index is 3.64. The minimum Gasteiger partial charge on any atom is -0.309 e. The average Bonchev–Trinajstić information content (AvgIpc) is 2.55. The van der Waals surface area contributed by atoms with Crippen molar-refractivity contribution in [1.29, 1.82) is 0 Å². The highest BCUT2D eigenvalue weighted by molar-refractivity contribution is 5.19. The highest BCUT2D eigenvalue weighted by Crippen LogP contribution is 2.16. The highest BCUT2D eigenvalue weighted by atomic mass is 15.3. The van der Waals surface area contributed by atoms with Gasteiger partial charge in [-0.15, -0.1) is 0 Å². The number of likely N-dealkylation sites (N-methyl/N-ethyl adjacent to an activating group) is 1. The van der Waals surface area contributed by atoms with Crippen LogP contribution >= 0.6 is 0 Å². The van der Waals surface area contributed by atoms with Gasteiger partial charge in [-0.1, -0.05) is 44.2 Å². The van der Waals surface area contributed by atoms with Crippen LogP contribution in [0.2, 0.25) is 0 Å². The lowest BCUT2D eigenvalue weighted by molar-refractivity contribution is 0.0940. The second-order valence-electron chi connectivity index (χ2n) is 6.11. The van der Waals surface area contributed by atoms with Crippen molar-refractivity contribution in [2.45, 2.75) is 39.3 Å². The molecule has 1 aliphatic heterocycles. The number of rotatable bonds is 7. The number of nitrogens with zero attached hydrogens (tertiary/aromatic N) is 2. The molecule has 1 N–H and O–H groups in total. The van der Waals surface area contributed by atoms with E-state index < -0.39 is 0 Å². The van der Waals surface area contributed by atoms with Crippen molar-refractivity contribution < 1.29 is 0 Å². The minimum absolute atomic E-state index is 0.450. The maximum Gasteiger partial charge on any atom is 0.0449 e. The largest absolute Gasteiger partial charge is 0.309 e. The van der Waals surface area contributed by atoms with E-state index in [-0.39, 0.29) is 0 Å². The topological polar surface area (TPSA) is 18.5 Å². The van der Waals surface area contributed by atoms with Crippen LogP contribution in [0.5, 0.6) is 0 Å². The zero-order chi connectivity index (χ0) is 15.1. The molecule has 0 radical (unpaired) electrons. The quantitative estimate of drug-likeness (QED) is 0.833. The monoisotopic (exact) mass is 289 g/mol. The number of piperazine rings is 1. The summed E-state index contributed by atoms with van der Waals surface area (Å²) in [5.74, 6) is 0. The Morgan fingerprint density at radius 2 is 1.71 bits per heavy atom. The normalized spacial score (nSPS) is 20.3. The molecular weight excluding hydrogens is 258 g/mol. The molecule has 1 aromatic rings. The maximum absolute atomic E-state index is 3.64. The van der Waals surface area contributed by atoms with Gasteiger partial charge in [-0.25, -0.2) is 0 Å². The van der Waals surface area contributed by atoms with E-state index >= 15 is 0 Å². The van der Waals surface area contributed by atoms with Crippen LogP contribution in [0.3, 0.4) is 0 Å². The van der Waals surface area contributed by atoms with Crippen molar-refractivity contribution in [1.82, 2.24) is 15.1 Å². The van der Waals surface area contributed by atoms with Gasteiger partial charge in [0.15, 0.2) is 0 Å². The van der Waals surface area contributed by atoms with Crippen LogP contribution in [-0.2, 0) is 0 Å². The Labute approximate surface area is 130 Å². The molecule has 1 aliphatic rings. The summed E-state index contributed by atoms with van der Waals surface area (Å²) in [5.41, 5.74) is 1.41. The van der Waals surface area contributed by atoms with Crippen LogP contribution < -0.4 is 5.32 Å². The lowest BCUT2D eigenvalue weighted by Crippen LogP contribution is -2.51. The summed E-state index contributed by atoms with van der Waals surface area (Å²) in [5, 5.41) is 3.64. The molecule has 21 heavy (non-hydrogen) atoms. The van der Waals surface area contributed by atoms with Crippen molar-refractivity contribution in [3.05, 3.63) is 35.9 Å². The van der Waals surface area contributed by atoms with Crippen molar-refractivity contribution in [2.24, 2.45) is 0 Å². The van der Waals surface area contributed by atoms with Crippen LogP contribution in [0, 0.1) is 0 Å². The first-order valence-electron chi connectivity index (χ1n) is 8.49. The van der Waals surface area contributed by atoms with Gasteiger partial charge in [0.05, 0.1) is 0 Å². The lowest BCUT2D eigenvalue weighted by atomic mass is 10.1. The third-order valence-corrected chi connectivity index (χ3v) is 4.71. The molecule has 0 saturated carbocycles. The third-order valence-electron chi connectivity index (χ3n) is 4.71. The van der Waals surface area contributed by atoms with E-state index in [1.54, 1.807) is 0 Å². The van der Waals surface area contributed by atoms with Crippen molar-refractivity contribution in [2.75, 3.05) is 39.3 Å². The molecule has 1 saturated heterocycles. The Kier molecular flexibility index (Phi) is 6.68. The Morgan fingerprint density at radius 1 is 1.05 bits per heavy atom. The number of hydrogen-bond donors (Lipinski definition) is 1. The molecule has 1 fully saturated rings. The molecule has 0 aliphatic carbocycles. The summed E-state index contributed by atoms with van der Waals surface area (Å²) in [6, 6.07) is 12.0. The van der Waals surface area contributed by atoms with Crippen LogP contribution in [0.4, 0.5) is 0 Å². The summed E-state index contributed by atoms with van der Waals surface area (Å²) < 4.78 is 0. The zero-order valence-corrected chi connectivity index (χ0v) is 13.9. The van der Waals surface area contributed by atoms with Crippen LogP contribution in [-0.4, -0.2) is 55.1 Å². The van der Waals surface area contributed by atoms with E-state index in [4.69, 9.17) is 0 Å². The molecule has 2 rings (SSSR count). The standard InChI is InChI=1S/C18H31N3/c1-4-16(3)21-13-11-20(12-14-21)15-18(19-5-2)17-9-7-6-8-10-17/h6-10,16,18-19H,4-5,11-15H2,1-3H3. The molecule has 0 amide bonds. The molecule has 3 heteroatoms. The second-order valence-corrected chi connectivity index (χ2v) is 6.11. The average molecular weight is 289 g/mol. The Bertz CT molecular complexity index is 385. The Hall–Kier alpha value is -0.900. The smallest absolute Gasteiger partial charge is 0.0449 e. The van der Waals surface area contributed by atoms with Crippen molar-refractivity contribution in [3.63, 3.8) is 0 Å². The molecule has 0 bridgehead atoms. The fourth-order valence-electron chi connectivity index (χ4n) is 3.12. The summed E-state index contributed by atoms with van der Waals surface area (Å²) >= 11 is 0. The molecule has 2 unspecified atom stereocenters. The van der Waals surface area contributed by atoms with Crippen LogP contribution in [0.15, 0.2) is 30.3 Å². The molecule has 1 heterocycles. The lowest BCUT2D eigenvalue weighted by Gasteiger charge is -2.39. The van der Waals surface area contributed by atoms with Gasteiger partial charge in [0.2, 0.25) is 0 Å². The summed E-state index contributed by atoms with van der Waals surface area (Å²) in [6.45, 7) is 13.8. The number of hydrogen-bond acceptors (Lipinski definition) is 3. The van der Waals surface area contributed by atoms with Crippen molar-refractivity contribution >= 4 is 0 Å². The molecule has 0 aromatic heterocycles. The Morgan fingerprint density at radius 3 is 2.29 bits per heavy atom. The van der Waals surface area contributed by atoms with E-state index in [1.165, 1.54) is 38.2 Å². The van der Waals surface area contributed by atoms with Gasteiger partial charge in [-0.3, -0.25) is 9.80 Å². The first-order chi connectivity index (χ1) is 10.2. The van der Waals surface area contributed by atoms with Crippen molar-refractivity contribution in [3.8, 4) is 0 Å². The summed E-state index contributed by atoms with van der Waals surface area (Å²) in [4.78, 5) is 5.24. The predicted molar refractivity (Wildman–Crippen MR) is 90.6 cm³/mol. The van der Waals surface area contributed by atoms with Gasteiger partial charge < -0.3 is 5.32 Å². The zero-order valence-electron chi connectivity index (χ0n) is 13.9. The molecule has 3 nitrogen and oxygen atoms in total. The predicted octanol–water partition coefficient (Wildman–Crippen LogP) is 2.75. The van der Waals surface area contributed by atoms with Gasteiger partial charge >= 0.3 is 0 Å². The summed E-state index contributed by atoms with van der Waals surface area (Å²) in [6.07, 6.45) is 1.25. The van der Waals surface area contributed by atoms with E-state index in [2.05, 4.69) is 66.2 Å². The highest BCUT2D eigenvalue weighted by Gasteiger charge is 2.22. The van der Waals surface area contributed by atoms with Gasteiger partial charge in [-0.05, 0) is 25.5 Å². The molecule has 2 atom stereocenters. The molecule has 0 spiro atoms. The fourth-order valence-corrected chi connectivity index (χ4v) is 3.12. The van der Waals surface area contributed by atoms with E-state index in [1.807, 2.05) is 0 Å². The molecule has 118 valence electrons. The van der Waals surface area contributed by atoms with Gasteiger partial charge in [0, 0.05) is 44.8 Å². The first-order valence-corrected chi connectivity index (χ1v) is 8.49. The molecule has 1 aromatic carbocycles.